The Hall–Kier alpha value is -2.68. The van der Waals surface area contributed by atoms with E-state index < -0.39 is 0 Å². The summed E-state index contributed by atoms with van der Waals surface area (Å²) in [5.74, 6) is 1.29. The van der Waals surface area contributed by atoms with Gasteiger partial charge in [-0.2, -0.15) is 4.98 Å². The number of nitrogens with one attached hydrogen (secondary N) is 1. The van der Waals surface area contributed by atoms with Crippen LogP contribution in [0.25, 0.3) is 0 Å². The number of halogens is 1. The van der Waals surface area contributed by atoms with E-state index in [9.17, 15) is 9.59 Å². The summed E-state index contributed by atoms with van der Waals surface area (Å²) in [6.45, 7) is 7.85. The molecule has 1 N–H and O–H groups in total. The third-order valence-corrected chi connectivity index (χ3v) is 6.18. The first-order valence-electron chi connectivity index (χ1n) is 10.6. The van der Waals surface area contributed by atoms with E-state index in [1.54, 1.807) is 4.90 Å². The van der Waals surface area contributed by atoms with Crippen LogP contribution in [-0.4, -0.2) is 66.0 Å². The maximum atomic E-state index is 13.1. The van der Waals surface area contributed by atoms with Gasteiger partial charge in [-0.3, -0.25) is 9.59 Å². The second kappa shape index (κ2) is 9.21. The van der Waals surface area contributed by atoms with Crippen LogP contribution in [0.2, 0.25) is 0 Å². The zero-order valence-corrected chi connectivity index (χ0v) is 19.4. The molecule has 9 heteroatoms. The molecule has 1 aromatic heterocycles. The van der Waals surface area contributed by atoms with E-state index in [2.05, 4.69) is 36.1 Å². The molecular formula is C22H27BrN6O2. The van der Waals surface area contributed by atoms with Crippen molar-refractivity contribution in [3.05, 3.63) is 40.5 Å². The van der Waals surface area contributed by atoms with Gasteiger partial charge in [-0.15, -0.1) is 0 Å². The molecule has 1 unspecified atom stereocenters. The van der Waals surface area contributed by atoms with Crippen LogP contribution in [0.5, 0.6) is 0 Å². The molecule has 8 nitrogen and oxygen atoms in total. The molecule has 164 valence electrons. The summed E-state index contributed by atoms with van der Waals surface area (Å²) in [5.41, 5.74) is 1.74. The van der Waals surface area contributed by atoms with Crippen LogP contribution in [0, 0.1) is 12.8 Å². The zero-order chi connectivity index (χ0) is 22.0. The predicted molar refractivity (Wildman–Crippen MR) is 124 cm³/mol. The summed E-state index contributed by atoms with van der Waals surface area (Å²) in [6.07, 6.45) is 0.267. The zero-order valence-electron chi connectivity index (χ0n) is 17.8. The van der Waals surface area contributed by atoms with Gasteiger partial charge in [-0.25, -0.2) is 4.98 Å². The fraction of sp³-hybridized carbons (Fsp3) is 0.455. The van der Waals surface area contributed by atoms with Crippen LogP contribution in [-0.2, 0) is 9.59 Å². The Morgan fingerprint density at radius 3 is 2.68 bits per heavy atom. The second-order valence-corrected chi connectivity index (χ2v) is 8.83. The van der Waals surface area contributed by atoms with Crippen molar-refractivity contribution in [2.45, 2.75) is 20.3 Å². The number of anilines is 3. The fourth-order valence-electron chi connectivity index (χ4n) is 4.13. The SMILES string of the molecule is CCNc1nc(C)cc(N2CCN(C(=O)C3CC(=O)N(c4cccc(Br)c4)C3)CC2)n1. The molecule has 1 atom stereocenters. The molecule has 2 aliphatic rings. The van der Waals surface area contributed by atoms with Crippen LogP contribution < -0.4 is 15.1 Å². The van der Waals surface area contributed by atoms with Gasteiger partial charge >= 0.3 is 0 Å². The lowest BCUT2D eigenvalue weighted by Gasteiger charge is -2.36. The van der Waals surface area contributed by atoms with E-state index in [1.165, 1.54) is 0 Å². The van der Waals surface area contributed by atoms with Gasteiger partial charge in [0, 0.05) is 67.6 Å². The summed E-state index contributed by atoms with van der Waals surface area (Å²) in [6, 6.07) is 9.61. The highest BCUT2D eigenvalue weighted by atomic mass is 79.9. The molecule has 2 aliphatic heterocycles. The molecule has 0 aliphatic carbocycles. The van der Waals surface area contributed by atoms with Crippen LogP contribution in [0.1, 0.15) is 19.0 Å². The molecular weight excluding hydrogens is 460 g/mol. The molecule has 2 saturated heterocycles. The Bertz CT molecular complexity index is 976. The number of aryl methyl sites for hydroxylation is 1. The Labute approximate surface area is 190 Å². The van der Waals surface area contributed by atoms with Crippen LogP contribution in [0.4, 0.5) is 17.5 Å². The Balaban J connectivity index is 1.37. The summed E-state index contributed by atoms with van der Waals surface area (Å²) >= 11 is 3.45. The summed E-state index contributed by atoms with van der Waals surface area (Å²) < 4.78 is 0.918. The third kappa shape index (κ3) is 4.81. The topological polar surface area (TPSA) is 81.7 Å². The maximum absolute atomic E-state index is 13.1. The Morgan fingerprint density at radius 2 is 1.97 bits per heavy atom. The second-order valence-electron chi connectivity index (χ2n) is 7.92. The quantitative estimate of drug-likeness (QED) is 0.699. The molecule has 0 saturated carbocycles. The first kappa shape index (κ1) is 21.5. The van der Waals surface area contributed by atoms with Gasteiger partial charge in [0.1, 0.15) is 5.82 Å². The first-order valence-corrected chi connectivity index (χ1v) is 11.4. The normalized spacial score (nSPS) is 19.1. The minimum atomic E-state index is -0.292. The number of amides is 2. The van der Waals surface area contributed by atoms with Crippen molar-refractivity contribution in [1.82, 2.24) is 14.9 Å². The van der Waals surface area contributed by atoms with Crippen molar-refractivity contribution in [3.8, 4) is 0 Å². The molecule has 0 spiro atoms. The van der Waals surface area contributed by atoms with Gasteiger partial charge in [0.2, 0.25) is 17.8 Å². The lowest BCUT2D eigenvalue weighted by Crippen LogP contribution is -2.51. The third-order valence-electron chi connectivity index (χ3n) is 5.69. The average molecular weight is 487 g/mol. The maximum Gasteiger partial charge on any atom is 0.228 e. The number of hydrogen-bond acceptors (Lipinski definition) is 6. The fourth-order valence-corrected chi connectivity index (χ4v) is 4.52. The highest BCUT2D eigenvalue weighted by molar-refractivity contribution is 9.10. The Kier molecular flexibility index (Phi) is 6.41. The Morgan fingerprint density at radius 1 is 1.19 bits per heavy atom. The number of carbonyl (C=O) groups is 2. The van der Waals surface area contributed by atoms with E-state index in [4.69, 9.17) is 0 Å². The van der Waals surface area contributed by atoms with Gasteiger partial charge in [-0.05, 0) is 32.0 Å². The summed E-state index contributed by atoms with van der Waals surface area (Å²) in [5, 5.41) is 3.16. The number of benzene rings is 1. The van der Waals surface area contributed by atoms with Crippen molar-refractivity contribution in [3.63, 3.8) is 0 Å². The minimum Gasteiger partial charge on any atom is -0.354 e. The van der Waals surface area contributed by atoms with Crippen molar-refractivity contribution in [2.24, 2.45) is 5.92 Å². The van der Waals surface area contributed by atoms with E-state index in [-0.39, 0.29) is 24.2 Å². The van der Waals surface area contributed by atoms with Crippen LogP contribution in [0.15, 0.2) is 34.8 Å². The molecule has 0 radical (unpaired) electrons. The summed E-state index contributed by atoms with van der Waals surface area (Å²) in [7, 11) is 0. The molecule has 2 amide bonds. The lowest BCUT2D eigenvalue weighted by molar-refractivity contribution is -0.136. The smallest absolute Gasteiger partial charge is 0.228 e. The number of nitrogens with zero attached hydrogens (tertiary/aromatic N) is 5. The molecule has 0 bridgehead atoms. The highest BCUT2D eigenvalue weighted by Gasteiger charge is 2.38. The van der Waals surface area contributed by atoms with Crippen LogP contribution in [0.3, 0.4) is 0 Å². The lowest BCUT2D eigenvalue weighted by atomic mass is 10.1. The first-order chi connectivity index (χ1) is 14.9. The minimum absolute atomic E-state index is 0.00232. The molecule has 1 aromatic carbocycles. The van der Waals surface area contributed by atoms with Crippen molar-refractivity contribution >= 4 is 45.2 Å². The van der Waals surface area contributed by atoms with Crippen molar-refractivity contribution in [2.75, 3.05) is 54.4 Å². The molecule has 4 rings (SSSR count). The molecule has 2 aromatic rings. The molecule has 2 fully saturated rings. The van der Waals surface area contributed by atoms with E-state index in [0.717, 1.165) is 28.2 Å². The number of rotatable bonds is 5. The van der Waals surface area contributed by atoms with E-state index >= 15 is 0 Å². The van der Waals surface area contributed by atoms with Gasteiger partial charge in [0.05, 0.1) is 5.92 Å². The average Bonchev–Trinajstić information content (AvgIpc) is 3.15. The van der Waals surface area contributed by atoms with Gasteiger partial charge in [-0.1, -0.05) is 22.0 Å². The number of aromatic nitrogens is 2. The van der Waals surface area contributed by atoms with Gasteiger partial charge in [0.15, 0.2) is 0 Å². The largest absolute Gasteiger partial charge is 0.354 e. The summed E-state index contributed by atoms with van der Waals surface area (Å²) in [4.78, 5) is 40.5. The van der Waals surface area contributed by atoms with Crippen LogP contribution >= 0.6 is 15.9 Å². The molecule has 31 heavy (non-hydrogen) atoms. The predicted octanol–water partition coefficient (Wildman–Crippen LogP) is 2.68. The number of piperazine rings is 1. The van der Waals surface area contributed by atoms with E-state index in [0.29, 0.717) is 38.7 Å². The number of hydrogen-bond donors (Lipinski definition) is 1. The van der Waals surface area contributed by atoms with E-state index in [1.807, 2.05) is 49.1 Å². The van der Waals surface area contributed by atoms with Crippen molar-refractivity contribution < 1.29 is 9.59 Å². The molecule has 3 heterocycles. The number of carbonyl (C=O) groups excluding carboxylic acids is 2. The van der Waals surface area contributed by atoms with Gasteiger partial charge < -0.3 is 20.0 Å². The standard InChI is InChI=1S/C22H27BrN6O2/c1-3-24-22-25-15(2)11-19(26-22)27-7-9-28(10-8-27)21(31)16-12-20(30)29(14-16)18-6-4-5-17(23)13-18/h4-6,11,13,16H,3,7-10,12,14H2,1-2H3,(H,24,25,26). The monoisotopic (exact) mass is 486 g/mol. The van der Waals surface area contributed by atoms with Crippen molar-refractivity contribution in [1.29, 1.82) is 0 Å². The van der Waals surface area contributed by atoms with Gasteiger partial charge in [0.25, 0.3) is 0 Å². The highest BCUT2D eigenvalue weighted by Crippen LogP contribution is 2.28.